The highest BCUT2D eigenvalue weighted by Gasteiger charge is 2.18. The number of aromatic amines is 1. The van der Waals surface area contributed by atoms with Crippen LogP contribution >= 0.6 is 23.1 Å². The van der Waals surface area contributed by atoms with Gasteiger partial charge in [0.2, 0.25) is 5.13 Å². The standard InChI is InChI=1S/C18H27N7O2S2/c1-5-7-8-25-14-13(15(26)21-17(25)27)24(6-2)12(20-14)10-28-18-23-22-16(29-18)19-9-11(3)4/h11H,5-10H2,1-4H3,(H,19,22)(H,21,26,27). The van der Waals surface area contributed by atoms with E-state index in [0.29, 0.717) is 35.9 Å². The number of nitrogens with one attached hydrogen (secondary N) is 2. The van der Waals surface area contributed by atoms with E-state index in [1.165, 1.54) is 23.1 Å². The number of fused-ring (bicyclic) bond motifs is 1. The molecule has 0 bridgehead atoms. The van der Waals surface area contributed by atoms with Crippen LogP contribution in [-0.2, 0) is 18.8 Å². The van der Waals surface area contributed by atoms with Crippen molar-refractivity contribution in [3.8, 4) is 0 Å². The summed E-state index contributed by atoms with van der Waals surface area (Å²) in [5, 5.41) is 12.5. The third-order valence-electron chi connectivity index (χ3n) is 4.41. The average Bonchev–Trinajstić information content (AvgIpc) is 3.28. The number of aryl methyl sites for hydroxylation is 2. The van der Waals surface area contributed by atoms with Gasteiger partial charge in [-0.3, -0.25) is 14.3 Å². The van der Waals surface area contributed by atoms with E-state index in [4.69, 9.17) is 0 Å². The summed E-state index contributed by atoms with van der Waals surface area (Å²) in [7, 11) is 0. The summed E-state index contributed by atoms with van der Waals surface area (Å²) in [6.45, 7) is 10.3. The summed E-state index contributed by atoms with van der Waals surface area (Å²) in [4.78, 5) is 31.8. The maximum absolute atomic E-state index is 12.5. The zero-order valence-electron chi connectivity index (χ0n) is 17.2. The summed E-state index contributed by atoms with van der Waals surface area (Å²) in [6, 6.07) is 0. The number of thioether (sulfide) groups is 1. The second-order valence-corrected chi connectivity index (χ2v) is 9.35. The summed E-state index contributed by atoms with van der Waals surface area (Å²) in [5.74, 6) is 1.83. The van der Waals surface area contributed by atoms with E-state index in [-0.39, 0.29) is 5.56 Å². The van der Waals surface area contributed by atoms with Gasteiger partial charge in [0.15, 0.2) is 15.5 Å². The van der Waals surface area contributed by atoms with Crippen LogP contribution in [-0.4, -0.2) is 35.8 Å². The van der Waals surface area contributed by atoms with Crippen molar-refractivity contribution in [3.63, 3.8) is 0 Å². The van der Waals surface area contributed by atoms with E-state index in [1.54, 1.807) is 4.57 Å². The Hall–Kier alpha value is -2.14. The summed E-state index contributed by atoms with van der Waals surface area (Å²) in [5.41, 5.74) is 0.122. The van der Waals surface area contributed by atoms with Crippen molar-refractivity contribution in [1.82, 2.24) is 29.3 Å². The Morgan fingerprint density at radius 2 is 2.00 bits per heavy atom. The Morgan fingerprint density at radius 1 is 1.21 bits per heavy atom. The van der Waals surface area contributed by atoms with Crippen molar-refractivity contribution >= 4 is 39.4 Å². The molecule has 29 heavy (non-hydrogen) atoms. The number of hydrogen-bond acceptors (Lipinski definition) is 8. The highest BCUT2D eigenvalue weighted by Crippen LogP contribution is 2.29. The number of aromatic nitrogens is 6. The van der Waals surface area contributed by atoms with Crippen LogP contribution in [0.2, 0.25) is 0 Å². The minimum atomic E-state index is -0.402. The van der Waals surface area contributed by atoms with Crippen LogP contribution in [0.5, 0.6) is 0 Å². The topological polar surface area (TPSA) is 110 Å². The summed E-state index contributed by atoms with van der Waals surface area (Å²) in [6.07, 6.45) is 1.80. The molecule has 2 N–H and O–H groups in total. The Kier molecular flexibility index (Phi) is 7.12. The van der Waals surface area contributed by atoms with Gasteiger partial charge in [0.05, 0.1) is 5.75 Å². The second-order valence-electron chi connectivity index (χ2n) is 7.15. The van der Waals surface area contributed by atoms with E-state index in [0.717, 1.165) is 34.7 Å². The van der Waals surface area contributed by atoms with Crippen LogP contribution in [0.25, 0.3) is 11.2 Å². The van der Waals surface area contributed by atoms with Gasteiger partial charge >= 0.3 is 5.69 Å². The molecule has 0 aliphatic carbocycles. The number of hydrogen-bond donors (Lipinski definition) is 2. The SMILES string of the molecule is CCCCn1c(=O)[nH]c(=O)c2c1nc(CSc1nnc(NCC(C)C)s1)n2CC. The fraction of sp³-hybridized carbons (Fsp3) is 0.611. The van der Waals surface area contributed by atoms with Crippen LogP contribution < -0.4 is 16.6 Å². The largest absolute Gasteiger partial charge is 0.360 e. The van der Waals surface area contributed by atoms with Crippen LogP contribution in [0.15, 0.2) is 13.9 Å². The van der Waals surface area contributed by atoms with Gasteiger partial charge < -0.3 is 9.88 Å². The zero-order chi connectivity index (χ0) is 21.0. The van der Waals surface area contributed by atoms with Crippen molar-refractivity contribution < 1.29 is 0 Å². The minimum absolute atomic E-state index is 0.389. The maximum Gasteiger partial charge on any atom is 0.330 e. The molecule has 0 fully saturated rings. The van der Waals surface area contributed by atoms with Gasteiger partial charge in [-0.05, 0) is 19.3 Å². The summed E-state index contributed by atoms with van der Waals surface area (Å²) >= 11 is 3.03. The fourth-order valence-electron chi connectivity index (χ4n) is 2.95. The molecule has 0 saturated carbocycles. The number of imidazole rings is 1. The first kappa shape index (κ1) is 21.6. The van der Waals surface area contributed by atoms with E-state index >= 15 is 0 Å². The Morgan fingerprint density at radius 3 is 2.69 bits per heavy atom. The number of rotatable bonds is 10. The molecule has 0 saturated heterocycles. The van der Waals surface area contributed by atoms with Crippen molar-refractivity contribution in [2.24, 2.45) is 5.92 Å². The van der Waals surface area contributed by atoms with Gasteiger partial charge in [-0.2, -0.15) is 0 Å². The monoisotopic (exact) mass is 437 g/mol. The number of nitrogens with zero attached hydrogens (tertiary/aromatic N) is 5. The first-order valence-electron chi connectivity index (χ1n) is 9.86. The lowest BCUT2D eigenvalue weighted by molar-refractivity contribution is 0.613. The highest BCUT2D eigenvalue weighted by atomic mass is 32.2. The number of unbranched alkanes of at least 4 members (excludes halogenated alkanes) is 1. The van der Waals surface area contributed by atoms with Crippen molar-refractivity contribution in [3.05, 3.63) is 26.7 Å². The van der Waals surface area contributed by atoms with Crippen molar-refractivity contribution in [2.45, 2.75) is 63.7 Å². The molecule has 0 aromatic carbocycles. The molecule has 0 aliphatic rings. The first-order valence-corrected chi connectivity index (χ1v) is 11.7. The zero-order valence-corrected chi connectivity index (χ0v) is 18.8. The third kappa shape index (κ3) is 4.89. The van der Waals surface area contributed by atoms with Gasteiger partial charge in [0, 0.05) is 19.6 Å². The lowest BCUT2D eigenvalue weighted by atomic mass is 10.2. The number of anilines is 1. The molecule has 0 atom stereocenters. The fourth-order valence-corrected chi connectivity index (χ4v) is 4.65. The van der Waals surface area contributed by atoms with Gasteiger partial charge in [-0.1, -0.05) is 50.3 Å². The smallest absolute Gasteiger partial charge is 0.330 e. The van der Waals surface area contributed by atoms with Crippen LogP contribution in [0.4, 0.5) is 5.13 Å². The van der Waals surface area contributed by atoms with Gasteiger partial charge in [-0.25, -0.2) is 9.78 Å². The molecule has 3 rings (SSSR count). The molecule has 3 aromatic heterocycles. The molecule has 3 aromatic rings. The average molecular weight is 438 g/mol. The molecule has 9 nitrogen and oxygen atoms in total. The number of H-pyrrole nitrogens is 1. The maximum atomic E-state index is 12.5. The molecule has 0 aliphatic heterocycles. The van der Waals surface area contributed by atoms with E-state index < -0.39 is 5.69 Å². The molecule has 0 spiro atoms. The molecular weight excluding hydrogens is 410 g/mol. The lowest BCUT2D eigenvalue weighted by Crippen LogP contribution is -2.31. The van der Waals surface area contributed by atoms with Gasteiger partial charge in [0.1, 0.15) is 5.82 Å². The Bertz CT molecular complexity index is 1080. The third-order valence-corrected chi connectivity index (χ3v) is 6.42. The van der Waals surface area contributed by atoms with Crippen molar-refractivity contribution in [2.75, 3.05) is 11.9 Å². The second kappa shape index (κ2) is 9.57. The molecule has 3 heterocycles. The normalized spacial score (nSPS) is 11.6. The molecule has 11 heteroatoms. The van der Waals surface area contributed by atoms with Gasteiger partial charge in [0.25, 0.3) is 5.56 Å². The van der Waals surface area contributed by atoms with Crippen LogP contribution in [0, 0.1) is 5.92 Å². The first-order chi connectivity index (χ1) is 13.9. The molecule has 0 unspecified atom stereocenters. The molecule has 0 amide bonds. The lowest BCUT2D eigenvalue weighted by Gasteiger charge is -2.06. The van der Waals surface area contributed by atoms with E-state index in [9.17, 15) is 9.59 Å². The molecule has 158 valence electrons. The van der Waals surface area contributed by atoms with Gasteiger partial charge in [-0.15, -0.1) is 10.2 Å². The predicted octanol–water partition coefficient (Wildman–Crippen LogP) is 2.92. The van der Waals surface area contributed by atoms with Crippen LogP contribution in [0.1, 0.15) is 46.4 Å². The molecular formula is C18H27N7O2S2. The highest BCUT2D eigenvalue weighted by molar-refractivity contribution is 8.00. The van der Waals surface area contributed by atoms with E-state index in [1.807, 2.05) is 11.5 Å². The Balaban J connectivity index is 1.87. The Labute approximate surface area is 177 Å². The van der Waals surface area contributed by atoms with Crippen molar-refractivity contribution in [1.29, 1.82) is 0 Å². The van der Waals surface area contributed by atoms with Crippen LogP contribution in [0.3, 0.4) is 0 Å². The molecule has 0 radical (unpaired) electrons. The predicted molar refractivity (Wildman–Crippen MR) is 118 cm³/mol. The summed E-state index contributed by atoms with van der Waals surface area (Å²) < 4.78 is 4.28. The quantitative estimate of drug-likeness (QED) is 0.469. The van der Waals surface area contributed by atoms with E-state index in [2.05, 4.69) is 46.3 Å². The minimum Gasteiger partial charge on any atom is -0.360 e.